The van der Waals surface area contributed by atoms with Gasteiger partial charge in [-0.25, -0.2) is 13.2 Å². The molecule has 1 aliphatic heterocycles. The normalized spacial score (nSPS) is 23.8. The number of likely N-dealkylation sites (tertiary alicyclic amines) is 1. The first-order valence-electron chi connectivity index (χ1n) is 6.98. The lowest BCUT2D eigenvalue weighted by molar-refractivity contribution is 0.267. The highest BCUT2D eigenvalue weighted by Gasteiger charge is 2.33. The minimum absolute atomic E-state index is 0.0779. The average Bonchev–Trinajstić information content (AvgIpc) is 2.74. The van der Waals surface area contributed by atoms with Gasteiger partial charge in [0.05, 0.1) is 0 Å². The van der Waals surface area contributed by atoms with E-state index in [1.54, 1.807) is 0 Å². The van der Waals surface area contributed by atoms with Crippen LogP contribution in [0.25, 0.3) is 0 Å². The van der Waals surface area contributed by atoms with Gasteiger partial charge in [-0.05, 0) is 43.6 Å². The minimum atomic E-state index is -1.40. The molecule has 0 spiro atoms. The molecule has 2 atom stereocenters. The lowest BCUT2D eigenvalue weighted by Crippen LogP contribution is -2.32. The van der Waals surface area contributed by atoms with E-state index >= 15 is 0 Å². The van der Waals surface area contributed by atoms with E-state index in [2.05, 4.69) is 24.1 Å². The van der Waals surface area contributed by atoms with Gasteiger partial charge < -0.3 is 5.32 Å². The Bertz CT molecular complexity index is 453. The van der Waals surface area contributed by atoms with Crippen LogP contribution in [0.2, 0.25) is 0 Å². The third kappa shape index (κ3) is 3.15. The number of benzene rings is 1. The summed E-state index contributed by atoms with van der Waals surface area (Å²) in [6.45, 7) is 5.78. The van der Waals surface area contributed by atoms with Crippen molar-refractivity contribution < 1.29 is 13.2 Å². The summed E-state index contributed by atoms with van der Waals surface area (Å²) in [6, 6.07) is 2.52. The molecule has 1 aliphatic rings. The molecule has 2 unspecified atom stereocenters. The third-order valence-corrected chi connectivity index (χ3v) is 3.91. The first-order valence-corrected chi connectivity index (χ1v) is 6.98. The molecule has 1 aromatic rings. The molecule has 2 rings (SSSR count). The highest BCUT2D eigenvalue weighted by molar-refractivity contribution is 5.24. The van der Waals surface area contributed by atoms with Gasteiger partial charge in [-0.2, -0.15) is 0 Å². The fourth-order valence-electron chi connectivity index (χ4n) is 2.90. The highest BCUT2D eigenvalue weighted by Crippen LogP contribution is 2.36. The SMILES string of the molecule is CC(C)NCC1CCN(C)C1c1cc(F)c(F)c(F)c1. The molecule has 0 amide bonds. The molecule has 20 heavy (non-hydrogen) atoms. The van der Waals surface area contributed by atoms with E-state index in [4.69, 9.17) is 0 Å². The average molecular weight is 286 g/mol. The Kier molecular flexibility index (Phi) is 4.70. The summed E-state index contributed by atoms with van der Waals surface area (Å²) in [4.78, 5) is 2.07. The third-order valence-electron chi connectivity index (χ3n) is 3.91. The zero-order chi connectivity index (χ0) is 14.9. The van der Waals surface area contributed by atoms with Gasteiger partial charge in [-0.1, -0.05) is 13.8 Å². The largest absolute Gasteiger partial charge is 0.314 e. The van der Waals surface area contributed by atoms with Crippen LogP contribution in [0.4, 0.5) is 13.2 Å². The molecular formula is C15H21F3N2. The molecule has 2 nitrogen and oxygen atoms in total. The summed E-state index contributed by atoms with van der Waals surface area (Å²) < 4.78 is 39.9. The Morgan fingerprint density at radius 2 is 1.85 bits per heavy atom. The fraction of sp³-hybridized carbons (Fsp3) is 0.600. The summed E-state index contributed by atoms with van der Waals surface area (Å²) >= 11 is 0. The van der Waals surface area contributed by atoms with Gasteiger partial charge in [0.1, 0.15) is 0 Å². The van der Waals surface area contributed by atoms with Gasteiger partial charge in [-0.15, -0.1) is 0 Å². The van der Waals surface area contributed by atoms with E-state index in [1.807, 2.05) is 7.05 Å². The van der Waals surface area contributed by atoms with Gasteiger partial charge in [0.15, 0.2) is 17.5 Å². The molecule has 112 valence electrons. The second kappa shape index (κ2) is 6.14. The number of hydrogen-bond donors (Lipinski definition) is 1. The first-order chi connectivity index (χ1) is 9.40. The minimum Gasteiger partial charge on any atom is -0.314 e. The lowest BCUT2D eigenvalue weighted by Gasteiger charge is -2.26. The second-order valence-electron chi connectivity index (χ2n) is 5.84. The van der Waals surface area contributed by atoms with Crippen molar-refractivity contribution >= 4 is 0 Å². The summed E-state index contributed by atoms with van der Waals surface area (Å²) in [5.74, 6) is -3.36. The molecule has 0 aliphatic carbocycles. The van der Waals surface area contributed by atoms with E-state index in [-0.39, 0.29) is 12.0 Å². The summed E-state index contributed by atoms with van der Waals surface area (Å²) in [5, 5.41) is 3.36. The van der Waals surface area contributed by atoms with Crippen molar-refractivity contribution in [2.24, 2.45) is 5.92 Å². The monoisotopic (exact) mass is 286 g/mol. The Balaban J connectivity index is 2.23. The van der Waals surface area contributed by atoms with Crippen molar-refractivity contribution in [3.05, 3.63) is 35.1 Å². The summed E-state index contributed by atoms with van der Waals surface area (Å²) in [5.41, 5.74) is 0.511. The van der Waals surface area contributed by atoms with Crippen LogP contribution in [0.5, 0.6) is 0 Å². The van der Waals surface area contributed by atoms with Crippen molar-refractivity contribution in [1.29, 1.82) is 0 Å². The molecule has 1 aromatic carbocycles. The Morgan fingerprint density at radius 1 is 1.25 bits per heavy atom. The van der Waals surface area contributed by atoms with Crippen molar-refractivity contribution in [2.75, 3.05) is 20.1 Å². The molecule has 0 bridgehead atoms. The summed E-state index contributed by atoms with van der Waals surface area (Å²) in [6.07, 6.45) is 0.960. The maximum atomic E-state index is 13.4. The quantitative estimate of drug-likeness (QED) is 0.856. The zero-order valence-electron chi connectivity index (χ0n) is 12.1. The molecule has 0 saturated carbocycles. The maximum Gasteiger partial charge on any atom is 0.194 e. The fourth-order valence-corrected chi connectivity index (χ4v) is 2.90. The first kappa shape index (κ1) is 15.3. The van der Waals surface area contributed by atoms with E-state index in [0.29, 0.717) is 11.6 Å². The van der Waals surface area contributed by atoms with Crippen LogP contribution in [0, 0.1) is 23.4 Å². The van der Waals surface area contributed by atoms with E-state index in [0.717, 1.165) is 31.6 Å². The lowest BCUT2D eigenvalue weighted by atomic mass is 9.93. The molecule has 1 N–H and O–H groups in total. The van der Waals surface area contributed by atoms with Crippen LogP contribution >= 0.6 is 0 Å². The Morgan fingerprint density at radius 3 is 2.40 bits per heavy atom. The highest BCUT2D eigenvalue weighted by atomic mass is 19.2. The second-order valence-corrected chi connectivity index (χ2v) is 5.84. The molecular weight excluding hydrogens is 265 g/mol. The van der Waals surface area contributed by atoms with E-state index in [9.17, 15) is 13.2 Å². The van der Waals surface area contributed by atoms with Gasteiger partial charge in [0, 0.05) is 18.6 Å². The number of halogens is 3. The topological polar surface area (TPSA) is 15.3 Å². The van der Waals surface area contributed by atoms with Crippen LogP contribution < -0.4 is 5.32 Å². The predicted molar refractivity (Wildman–Crippen MR) is 72.9 cm³/mol. The number of hydrogen-bond acceptors (Lipinski definition) is 2. The molecule has 0 aromatic heterocycles. The smallest absolute Gasteiger partial charge is 0.194 e. The molecule has 1 saturated heterocycles. The van der Waals surface area contributed by atoms with Crippen molar-refractivity contribution in [2.45, 2.75) is 32.4 Å². The number of rotatable bonds is 4. The molecule has 5 heteroatoms. The Hall–Kier alpha value is -1.07. The van der Waals surface area contributed by atoms with Gasteiger partial charge in [-0.3, -0.25) is 4.90 Å². The maximum absolute atomic E-state index is 13.4. The van der Waals surface area contributed by atoms with Gasteiger partial charge >= 0.3 is 0 Å². The molecule has 1 fully saturated rings. The van der Waals surface area contributed by atoms with Crippen LogP contribution in [-0.2, 0) is 0 Å². The van der Waals surface area contributed by atoms with Crippen LogP contribution in [0.3, 0.4) is 0 Å². The number of nitrogens with zero attached hydrogens (tertiary/aromatic N) is 1. The zero-order valence-corrected chi connectivity index (χ0v) is 12.1. The van der Waals surface area contributed by atoms with Crippen molar-refractivity contribution in [1.82, 2.24) is 10.2 Å². The van der Waals surface area contributed by atoms with Crippen molar-refractivity contribution in [3.8, 4) is 0 Å². The van der Waals surface area contributed by atoms with Crippen LogP contribution in [0.1, 0.15) is 31.9 Å². The van der Waals surface area contributed by atoms with Crippen LogP contribution in [-0.4, -0.2) is 31.1 Å². The standard InChI is InChI=1S/C15H21F3N2/c1-9(2)19-8-10-4-5-20(3)15(10)11-6-12(16)14(18)13(17)7-11/h6-7,9-10,15,19H,4-5,8H2,1-3H3. The predicted octanol–water partition coefficient (Wildman–Crippen LogP) is 3.09. The van der Waals surface area contributed by atoms with Crippen molar-refractivity contribution in [3.63, 3.8) is 0 Å². The van der Waals surface area contributed by atoms with Crippen LogP contribution in [0.15, 0.2) is 12.1 Å². The molecule has 0 radical (unpaired) electrons. The number of nitrogens with one attached hydrogen (secondary N) is 1. The molecule has 1 heterocycles. The van der Waals surface area contributed by atoms with E-state index < -0.39 is 17.5 Å². The van der Waals surface area contributed by atoms with Gasteiger partial charge in [0.2, 0.25) is 0 Å². The van der Waals surface area contributed by atoms with Gasteiger partial charge in [0.25, 0.3) is 0 Å². The summed E-state index contributed by atoms with van der Waals surface area (Å²) in [7, 11) is 1.93. The van der Waals surface area contributed by atoms with E-state index in [1.165, 1.54) is 0 Å². The Labute approximate surface area is 118 Å².